The van der Waals surface area contributed by atoms with Gasteiger partial charge in [0.05, 0.1) is 0 Å². The second-order valence-corrected chi connectivity index (χ2v) is 4.18. The lowest BCUT2D eigenvalue weighted by Gasteiger charge is -2.21. The van der Waals surface area contributed by atoms with Crippen molar-refractivity contribution in [1.29, 1.82) is 0 Å². The van der Waals surface area contributed by atoms with Gasteiger partial charge < -0.3 is 10.2 Å². The third-order valence-corrected chi connectivity index (χ3v) is 2.75. The first-order valence-corrected chi connectivity index (χ1v) is 5.89. The van der Waals surface area contributed by atoms with Crippen molar-refractivity contribution in [2.75, 3.05) is 20.1 Å². The standard InChI is InChI=1S/C13H19N3/c1-16(11-12-7-3-2-4-8-12)13-14-9-5-6-10-15-13/h2-4,7-8H,5-6,9-11H2,1H3,(H,14,15). The fraction of sp³-hybridized carbons (Fsp3) is 0.462. The second-order valence-electron chi connectivity index (χ2n) is 4.18. The maximum Gasteiger partial charge on any atom is 0.193 e. The Morgan fingerprint density at radius 3 is 2.88 bits per heavy atom. The molecule has 0 aliphatic carbocycles. The van der Waals surface area contributed by atoms with E-state index in [2.05, 4.69) is 46.5 Å². The summed E-state index contributed by atoms with van der Waals surface area (Å²) in [5.41, 5.74) is 1.32. The number of hydrogen-bond acceptors (Lipinski definition) is 3. The Morgan fingerprint density at radius 2 is 2.06 bits per heavy atom. The second kappa shape index (κ2) is 5.54. The molecule has 0 radical (unpaired) electrons. The lowest BCUT2D eigenvalue weighted by Crippen LogP contribution is -2.38. The highest BCUT2D eigenvalue weighted by atomic mass is 15.3. The van der Waals surface area contributed by atoms with E-state index in [4.69, 9.17) is 0 Å². The van der Waals surface area contributed by atoms with Gasteiger partial charge in [-0.1, -0.05) is 30.3 Å². The Kier molecular flexibility index (Phi) is 3.81. The molecule has 3 nitrogen and oxygen atoms in total. The van der Waals surface area contributed by atoms with Crippen LogP contribution in [0, 0.1) is 0 Å². The van der Waals surface area contributed by atoms with E-state index in [1.807, 2.05) is 6.07 Å². The van der Waals surface area contributed by atoms with Crippen molar-refractivity contribution in [2.45, 2.75) is 19.4 Å². The smallest absolute Gasteiger partial charge is 0.193 e. The molecular formula is C13H19N3. The molecule has 0 saturated heterocycles. The molecule has 0 spiro atoms. The van der Waals surface area contributed by atoms with Gasteiger partial charge in [-0.05, 0) is 18.4 Å². The van der Waals surface area contributed by atoms with Crippen molar-refractivity contribution in [1.82, 2.24) is 10.2 Å². The van der Waals surface area contributed by atoms with Crippen LogP contribution < -0.4 is 5.32 Å². The fourth-order valence-electron chi connectivity index (χ4n) is 1.87. The summed E-state index contributed by atoms with van der Waals surface area (Å²) in [7, 11) is 2.09. The summed E-state index contributed by atoms with van der Waals surface area (Å²) in [4.78, 5) is 6.73. The number of aliphatic imine (C=N–C) groups is 1. The van der Waals surface area contributed by atoms with Gasteiger partial charge in [0.15, 0.2) is 5.96 Å². The highest BCUT2D eigenvalue weighted by Crippen LogP contribution is 2.04. The Morgan fingerprint density at radius 1 is 1.25 bits per heavy atom. The topological polar surface area (TPSA) is 27.6 Å². The third kappa shape index (κ3) is 2.99. The van der Waals surface area contributed by atoms with Gasteiger partial charge in [0.1, 0.15) is 0 Å². The monoisotopic (exact) mass is 217 g/mol. The molecule has 1 heterocycles. The molecule has 1 N–H and O–H groups in total. The molecule has 1 aliphatic rings. The maximum absolute atomic E-state index is 4.55. The molecule has 16 heavy (non-hydrogen) atoms. The first-order valence-electron chi connectivity index (χ1n) is 5.89. The number of hydrogen-bond donors (Lipinski definition) is 1. The van der Waals surface area contributed by atoms with Gasteiger partial charge in [-0.15, -0.1) is 0 Å². The summed E-state index contributed by atoms with van der Waals surface area (Å²) in [6.07, 6.45) is 2.40. The molecule has 3 heteroatoms. The molecule has 1 aromatic carbocycles. The van der Waals surface area contributed by atoms with Crippen molar-refractivity contribution < 1.29 is 0 Å². The van der Waals surface area contributed by atoms with Crippen LogP contribution in [0.5, 0.6) is 0 Å². The normalized spacial score (nSPS) is 15.9. The average Bonchev–Trinajstić information content (AvgIpc) is 2.59. The van der Waals surface area contributed by atoms with Gasteiger partial charge in [0.25, 0.3) is 0 Å². The minimum atomic E-state index is 0.909. The van der Waals surface area contributed by atoms with Crippen LogP contribution in [0.3, 0.4) is 0 Å². The summed E-state index contributed by atoms with van der Waals surface area (Å²) in [5, 5.41) is 3.38. The van der Waals surface area contributed by atoms with Crippen LogP contribution in [0.25, 0.3) is 0 Å². The van der Waals surface area contributed by atoms with E-state index in [1.165, 1.54) is 18.4 Å². The lowest BCUT2D eigenvalue weighted by molar-refractivity contribution is 0.479. The van der Waals surface area contributed by atoms with Crippen LogP contribution in [0.4, 0.5) is 0 Å². The molecule has 0 fully saturated rings. The summed E-state index contributed by atoms with van der Waals surface area (Å²) in [6, 6.07) is 10.5. The molecule has 0 unspecified atom stereocenters. The minimum absolute atomic E-state index is 0.909. The molecular weight excluding hydrogens is 198 g/mol. The van der Waals surface area contributed by atoms with Gasteiger partial charge in [-0.3, -0.25) is 4.99 Å². The van der Waals surface area contributed by atoms with E-state index in [0.717, 1.165) is 25.6 Å². The van der Waals surface area contributed by atoms with E-state index >= 15 is 0 Å². The summed E-state index contributed by atoms with van der Waals surface area (Å²) >= 11 is 0. The van der Waals surface area contributed by atoms with Gasteiger partial charge in [0.2, 0.25) is 0 Å². The number of guanidine groups is 1. The minimum Gasteiger partial charge on any atom is -0.356 e. The number of rotatable bonds is 2. The first kappa shape index (κ1) is 11.0. The maximum atomic E-state index is 4.55. The molecule has 0 atom stereocenters. The van der Waals surface area contributed by atoms with Gasteiger partial charge in [-0.25, -0.2) is 0 Å². The molecule has 0 aromatic heterocycles. The van der Waals surface area contributed by atoms with Crippen LogP contribution in [0.15, 0.2) is 35.3 Å². The zero-order valence-corrected chi connectivity index (χ0v) is 9.82. The van der Waals surface area contributed by atoms with Crippen LogP contribution in [-0.4, -0.2) is 31.0 Å². The average molecular weight is 217 g/mol. The van der Waals surface area contributed by atoms with Crippen molar-refractivity contribution in [2.24, 2.45) is 4.99 Å². The van der Waals surface area contributed by atoms with Crippen LogP contribution >= 0.6 is 0 Å². The van der Waals surface area contributed by atoms with Crippen molar-refractivity contribution >= 4 is 5.96 Å². The molecule has 0 amide bonds. The first-order chi connectivity index (χ1) is 7.86. The molecule has 86 valence electrons. The van der Waals surface area contributed by atoms with Crippen molar-refractivity contribution in [3.05, 3.63) is 35.9 Å². The van der Waals surface area contributed by atoms with E-state index in [0.29, 0.717) is 0 Å². The molecule has 1 aromatic rings. The van der Waals surface area contributed by atoms with Crippen molar-refractivity contribution in [3.63, 3.8) is 0 Å². The zero-order valence-electron chi connectivity index (χ0n) is 9.82. The van der Waals surface area contributed by atoms with Gasteiger partial charge in [-0.2, -0.15) is 0 Å². The molecule has 0 saturated carbocycles. The summed E-state index contributed by atoms with van der Waals surface area (Å²) < 4.78 is 0. The highest BCUT2D eigenvalue weighted by molar-refractivity contribution is 5.79. The number of benzene rings is 1. The largest absolute Gasteiger partial charge is 0.356 e. The molecule has 0 bridgehead atoms. The molecule has 1 aliphatic heterocycles. The molecule has 2 rings (SSSR count). The van der Waals surface area contributed by atoms with Crippen LogP contribution in [-0.2, 0) is 6.54 Å². The summed E-state index contributed by atoms with van der Waals surface area (Å²) in [5.74, 6) is 1.03. The Bertz CT molecular complexity index is 345. The van der Waals surface area contributed by atoms with Gasteiger partial charge >= 0.3 is 0 Å². The number of nitrogens with zero attached hydrogens (tertiary/aromatic N) is 2. The highest BCUT2D eigenvalue weighted by Gasteiger charge is 2.08. The van der Waals surface area contributed by atoms with E-state index in [9.17, 15) is 0 Å². The quantitative estimate of drug-likeness (QED) is 0.819. The summed E-state index contributed by atoms with van der Waals surface area (Å²) in [6.45, 7) is 2.89. The Hall–Kier alpha value is -1.51. The SMILES string of the molecule is CN(Cc1ccccc1)C1=NCCCCN1. The number of nitrogens with one attached hydrogen (secondary N) is 1. The van der Waals surface area contributed by atoms with Gasteiger partial charge in [0, 0.05) is 26.7 Å². The van der Waals surface area contributed by atoms with E-state index in [1.54, 1.807) is 0 Å². The fourth-order valence-corrected chi connectivity index (χ4v) is 1.87. The predicted molar refractivity (Wildman–Crippen MR) is 67.4 cm³/mol. The van der Waals surface area contributed by atoms with Crippen LogP contribution in [0.2, 0.25) is 0 Å². The predicted octanol–water partition coefficient (Wildman–Crippen LogP) is 1.86. The zero-order chi connectivity index (χ0) is 11.2. The van der Waals surface area contributed by atoms with Crippen LogP contribution in [0.1, 0.15) is 18.4 Å². The van der Waals surface area contributed by atoms with E-state index < -0.39 is 0 Å². The Labute approximate surface area is 97.2 Å². The lowest BCUT2D eigenvalue weighted by atomic mass is 10.2. The van der Waals surface area contributed by atoms with Crippen molar-refractivity contribution in [3.8, 4) is 0 Å². The Balaban J connectivity index is 1.97. The van der Waals surface area contributed by atoms with E-state index in [-0.39, 0.29) is 0 Å². The third-order valence-electron chi connectivity index (χ3n) is 2.75.